The molecular formula is C9H16N4O4S. The van der Waals surface area contributed by atoms with Crippen molar-refractivity contribution in [3.05, 3.63) is 15.8 Å². The van der Waals surface area contributed by atoms with Crippen LogP contribution < -0.4 is 5.32 Å². The van der Waals surface area contributed by atoms with Gasteiger partial charge >= 0.3 is 5.69 Å². The van der Waals surface area contributed by atoms with Crippen LogP contribution in [0.2, 0.25) is 0 Å². The molecule has 18 heavy (non-hydrogen) atoms. The Morgan fingerprint density at radius 2 is 2.11 bits per heavy atom. The summed E-state index contributed by atoms with van der Waals surface area (Å²) < 4.78 is 23.3. The van der Waals surface area contributed by atoms with Gasteiger partial charge in [0.2, 0.25) is 5.82 Å². The van der Waals surface area contributed by atoms with E-state index in [9.17, 15) is 18.5 Å². The highest BCUT2D eigenvalue weighted by Gasteiger charge is 2.23. The Hall–Kier alpha value is -1.64. The summed E-state index contributed by atoms with van der Waals surface area (Å²) in [4.78, 5) is 10.4. The van der Waals surface area contributed by atoms with Crippen molar-refractivity contribution in [1.82, 2.24) is 9.78 Å². The fourth-order valence-corrected chi connectivity index (χ4v) is 2.27. The molecule has 1 aromatic heterocycles. The summed E-state index contributed by atoms with van der Waals surface area (Å²) in [5, 5.41) is 17.7. The van der Waals surface area contributed by atoms with Crippen molar-refractivity contribution in [3.8, 4) is 0 Å². The Bertz CT molecular complexity index is 549. The van der Waals surface area contributed by atoms with Crippen LogP contribution in [0.25, 0.3) is 0 Å². The Morgan fingerprint density at radius 3 is 2.61 bits per heavy atom. The van der Waals surface area contributed by atoms with Crippen LogP contribution in [0.3, 0.4) is 0 Å². The van der Waals surface area contributed by atoms with Crippen molar-refractivity contribution in [1.29, 1.82) is 0 Å². The average molecular weight is 276 g/mol. The molecule has 0 aliphatic heterocycles. The average Bonchev–Trinajstić information content (AvgIpc) is 2.46. The van der Waals surface area contributed by atoms with Gasteiger partial charge in [0.1, 0.15) is 15.5 Å². The van der Waals surface area contributed by atoms with Gasteiger partial charge in [0.25, 0.3) is 0 Å². The number of nitrogens with zero attached hydrogens (tertiary/aromatic N) is 3. The molecule has 8 nitrogen and oxygen atoms in total. The van der Waals surface area contributed by atoms with Crippen molar-refractivity contribution in [2.75, 3.05) is 23.9 Å². The Labute approximate surface area is 105 Å². The van der Waals surface area contributed by atoms with E-state index in [1.54, 1.807) is 14.0 Å². The molecule has 0 aliphatic rings. The quantitative estimate of drug-likeness (QED) is 0.460. The Balaban J connectivity index is 2.70. The van der Waals surface area contributed by atoms with Crippen LogP contribution in [0, 0.1) is 17.0 Å². The van der Waals surface area contributed by atoms with Gasteiger partial charge in [-0.25, -0.2) is 13.1 Å². The van der Waals surface area contributed by atoms with E-state index in [0.717, 1.165) is 6.26 Å². The lowest BCUT2D eigenvalue weighted by atomic mass is 10.3. The van der Waals surface area contributed by atoms with Crippen LogP contribution in [-0.4, -0.2) is 41.7 Å². The van der Waals surface area contributed by atoms with E-state index in [2.05, 4.69) is 10.4 Å². The van der Waals surface area contributed by atoms with E-state index in [1.807, 2.05) is 0 Å². The third-order valence-electron chi connectivity index (χ3n) is 2.36. The molecule has 0 radical (unpaired) electrons. The lowest BCUT2D eigenvalue weighted by Gasteiger charge is -2.05. The second-order valence-corrected chi connectivity index (χ2v) is 6.33. The van der Waals surface area contributed by atoms with Gasteiger partial charge in [-0.2, -0.15) is 5.10 Å². The number of sulfone groups is 1. The largest absolute Gasteiger partial charge is 0.365 e. The van der Waals surface area contributed by atoms with Crippen molar-refractivity contribution in [2.45, 2.75) is 13.3 Å². The van der Waals surface area contributed by atoms with Gasteiger partial charge in [-0.1, -0.05) is 0 Å². The van der Waals surface area contributed by atoms with Crippen molar-refractivity contribution >= 4 is 21.3 Å². The first-order valence-corrected chi connectivity index (χ1v) is 7.38. The van der Waals surface area contributed by atoms with Gasteiger partial charge in [-0.05, 0) is 13.3 Å². The molecule has 0 aliphatic carbocycles. The van der Waals surface area contributed by atoms with Crippen molar-refractivity contribution < 1.29 is 13.3 Å². The maximum absolute atomic E-state index is 10.9. The normalized spacial score (nSPS) is 11.5. The number of nitrogens with one attached hydrogen (secondary N) is 1. The summed E-state index contributed by atoms with van der Waals surface area (Å²) in [7, 11) is -1.41. The minimum Gasteiger partial charge on any atom is -0.365 e. The van der Waals surface area contributed by atoms with Crippen LogP contribution in [-0.2, 0) is 16.9 Å². The van der Waals surface area contributed by atoms with Crippen LogP contribution >= 0.6 is 0 Å². The highest BCUT2D eigenvalue weighted by atomic mass is 32.2. The first-order valence-electron chi connectivity index (χ1n) is 5.32. The maximum Gasteiger partial charge on any atom is 0.333 e. The summed E-state index contributed by atoms with van der Waals surface area (Å²) in [6.07, 6.45) is 1.55. The molecule has 1 N–H and O–H groups in total. The SMILES string of the molecule is Cc1nn(C)c(NCCCS(C)(=O)=O)c1[N+](=O)[O-]. The second-order valence-electron chi connectivity index (χ2n) is 4.07. The number of anilines is 1. The van der Waals surface area contributed by atoms with Gasteiger partial charge in [0, 0.05) is 19.8 Å². The van der Waals surface area contributed by atoms with Crippen molar-refractivity contribution in [2.24, 2.45) is 7.05 Å². The van der Waals surface area contributed by atoms with E-state index in [-0.39, 0.29) is 11.4 Å². The van der Waals surface area contributed by atoms with Crippen LogP contribution in [0.4, 0.5) is 11.5 Å². The molecule has 0 spiro atoms. The van der Waals surface area contributed by atoms with E-state index in [1.165, 1.54) is 4.68 Å². The minimum absolute atomic E-state index is 0.0463. The van der Waals surface area contributed by atoms with E-state index in [0.29, 0.717) is 24.5 Å². The summed E-state index contributed by atoms with van der Waals surface area (Å²) in [5.74, 6) is 0.343. The second kappa shape index (κ2) is 5.34. The molecule has 102 valence electrons. The molecule has 0 saturated heterocycles. The molecule has 0 atom stereocenters. The highest BCUT2D eigenvalue weighted by Crippen LogP contribution is 2.26. The fraction of sp³-hybridized carbons (Fsp3) is 0.667. The van der Waals surface area contributed by atoms with Crippen LogP contribution in [0.15, 0.2) is 0 Å². The molecule has 0 fully saturated rings. The van der Waals surface area contributed by atoms with Gasteiger partial charge in [-0.15, -0.1) is 0 Å². The van der Waals surface area contributed by atoms with Gasteiger partial charge in [0.15, 0.2) is 0 Å². The zero-order chi connectivity index (χ0) is 13.9. The summed E-state index contributed by atoms with van der Waals surface area (Å²) >= 11 is 0. The number of aromatic nitrogens is 2. The maximum atomic E-state index is 10.9. The number of hydrogen-bond acceptors (Lipinski definition) is 6. The zero-order valence-electron chi connectivity index (χ0n) is 10.5. The predicted octanol–water partition coefficient (Wildman–Crippen LogP) is 0.483. The standard InChI is InChI=1S/C9H16N4O4S/c1-7-8(13(14)15)9(12(2)11-7)10-5-4-6-18(3,16)17/h10H,4-6H2,1-3H3. The molecule has 0 amide bonds. The van der Waals surface area contributed by atoms with Gasteiger partial charge in [-0.3, -0.25) is 10.1 Å². The molecule has 1 rings (SSSR count). The molecule has 0 aromatic carbocycles. The van der Waals surface area contributed by atoms with Gasteiger partial charge in [0.05, 0.1) is 10.7 Å². The molecular weight excluding hydrogens is 260 g/mol. The topological polar surface area (TPSA) is 107 Å². The molecule has 0 saturated carbocycles. The van der Waals surface area contributed by atoms with E-state index in [4.69, 9.17) is 0 Å². The van der Waals surface area contributed by atoms with Gasteiger partial charge < -0.3 is 5.32 Å². The number of aryl methyl sites for hydroxylation is 2. The third kappa shape index (κ3) is 3.69. The number of rotatable bonds is 6. The van der Waals surface area contributed by atoms with E-state index < -0.39 is 14.8 Å². The fourth-order valence-electron chi connectivity index (χ4n) is 1.60. The van der Waals surface area contributed by atoms with E-state index >= 15 is 0 Å². The smallest absolute Gasteiger partial charge is 0.333 e. The molecule has 9 heteroatoms. The first kappa shape index (κ1) is 14.4. The first-order chi connectivity index (χ1) is 8.22. The lowest BCUT2D eigenvalue weighted by Crippen LogP contribution is -2.12. The highest BCUT2D eigenvalue weighted by molar-refractivity contribution is 7.90. The number of nitro groups is 1. The zero-order valence-corrected chi connectivity index (χ0v) is 11.3. The number of hydrogen-bond donors (Lipinski definition) is 1. The summed E-state index contributed by atoms with van der Waals surface area (Å²) in [6.45, 7) is 1.90. The van der Waals surface area contributed by atoms with Crippen LogP contribution in [0.1, 0.15) is 12.1 Å². The third-order valence-corrected chi connectivity index (χ3v) is 3.39. The molecule has 0 bridgehead atoms. The lowest BCUT2D eigenvalue weighted by molar-refractivity contribution is -0.384. The summed E-state index contributed by atoms with van der Waals surface area (Å²) in [5.41, 5.74) is 0.255. The molecule has 1 heterocycles. The monoisotopic (exact) mass is 276 g/mol. The Kier molecular flexibility index (Phi) is 4.28. The minimum atomic E-state index is -3.01. The van der Waals surface area contributed by atoms with Crippen molar-refractivity contribution in [3.63, 3.8) is 0 Å². The molecule has 0 unspecified atom stereocenters. The molecule has 1 aromatic rings. The summed E-state index contributed by atoms with van der Waals surface area (Å²) in [6, 6.07) is 0. The predicted molar refractivity (Wildman–Crippen MR) is 67.4 cm³/mol. The van der Waals surface area contributed by atoms with Crippen LogP contribution in [0.5, 0.6) is 0 Å². The Morgan fingerprint density at radius 1 is 1.50 bits per heavy atom.